The van der Waals surface area contributed by atoms with Crippen LogP contribution in [0.1, 0.15) is 36.0 Å². The van der Waals surface area contributed by atoms with E-state index in [0.717, 1.165) is 25.7 Å². The normalized spacial score (nSPS) is 15.7. The predicted octanol–water partition coefficient (Wildman–Crippen LogP) is 4.21. The molecule has 0 atom stereocenters. The van der Waals surface area contributed by atoms with Crippen molar-refractivity contribution in [2.45, 2.75) is 31.7 Å². The summed E-state index contributed by atoms with van der Waals surface area (Å²) >= 11 is 9.11. The van der Waals surface area contributed by atoms with Crippen molar-refractivity contribution in [2.24, 2.45) is 0 Å². The van der Waals surface area contributed by atoms with Gasteiger partial charge in [0, 0.05) is 22.9 Å². The molecule has 0 radical (unpaired) electrons. The van der Waals surface area contributed by atoms with Crippen molar-refractivity contribution >= 4 is 33.4 Å². The fourth-order valence-electron chi connectivity index (χ4n) is 2.57. The van der Waals surface area contributed by atoms with Crippen molar-refractivity contribution in [3.05, 3.63) is 34.1 Å². The van der Waals surface area contributed by atoms with Crippen molar-refractivity contribution in [3.63, 3.8) is 0 Å². The van der Waals surface area contributed by atoms with Crippen LogP contribution in [0.3, 0.4) is 0 Å². The van der Waals surface area contributed by atoms with Gasteiger partial charge in [0.1, 0.15) is 5.82 Å². The van der Waals surface area contributed by atoms with Gasteiger partial charge in [-0.15, -0.1) is 11.6 Å². The van der Waals surface area contributed by atoms with Gasteiger partial charge in [0.05, 0.1) is 5.56 Å². The third-order valence-corrected chi connectivity index (χ3v) is 4.37. The molecule has 0 aromatic heterocycles. The van der Waals surface area contributed by atoms with Gasteiger partial charge >= 0.3 is 0 Å². The lowest BCUT2D eigenvalue weighted by molar-refractivity contribution is 0.0693. The molecule has 0 spiro atoms. The molecule has 104 valence electrons. The van der Waals surface area contributed by atoms with Crippen molar-refractivity contribution in [2.75, 3.05) is 12.4 Å². The number of carbonyl (C=O) groups excluding carboxylic acids is 1. The zero-order valence-corrected chi connectivity index (χ0v) is 12.9. The summed E-state index contributed by atoms with van der Waals surface area (Å²) in [5, 5.41) is 0. The van der Waals surface area contributed by atoms with Gasteiger partial charge < -0.3 is 4.90 Å². The highest BCUT2D eigenvalue weighted by atomic mass is 79.9. The molecule has 19 heavy (non-hydrogen) atoms. The van der Waals surface area contributed by atoms with Gasteiger partial charge in [-0.2, -0.15) is 0 Å². The van der Waals surface area contributed by atoms with E-state index < -0.39 is 5.82 Å². The molecular weight excluding hydrogens is 333 g/mol. The zero-order valence-electron chi connectivity index (χ0n) is 10.5. The van der Waals surface area contributed by atoms with Gasteiger partial charge in [-0.05, 0) is 47.0 Å². The van der Waals surface area contributed by atoms with E-state index >= 15 is 0 Å². The Labute approximate surface area is 126 Å². The molecule has 1 amide bonds. The van der Waals surface area contributed by atoms with E-state index in [1.807, 2.05) is 0 Å². The Hall–Kier alpha value is -0.610. The first-order valence-corrected chi connectivity index (χ1v) is 7.78. The van der Waals surface area contributed by atoms with Crippen molar-refractivity contribution in [1.82, 2.24) is 4.90 Å². The summed E-state index contributed by atoms with van der Waals surface area (Å²) in [7, 11) is 0. The molecule has 2 nitrogen and oxygen atoms in total. The van der Waals surface area contributed by atoms with Gasteiger partial charge in [0.2, 0.25) is 0 Å². The number of nitrogens with zero attached hydrogens (tertiary/aromatic N) is 1. The Kier molecular flexibility index (Phi) is 5.22. The van der Waals surface area contributed by atoms with Crippen LogP contribution in [0.5, 0.6) is 0 Å². The van der Waals surface area contributed by atoms with Crippen LogP contribution in [0.25, 0.3) is 0 Å². The summed E-state index contributed by atoms with van der Waals surface area (Å²) in [6, 6.07) is 4.42. The largest absolute Gasteiger partial charge is 0.334 e. The third kappa shape index (κ3) is 3.48. The Morgan fingerprint density at radius 2 is 2.11 bits per heavy atom. The van der Waals surface area contributed by atoms with E-state index in [4.69, 9.17) is 11.6 Å². The second-order valence-electron chi connectivity index (χ2n) is 4.75. The summed E-state index contributed by atoms with van der Waals surface area (Å²) < 4.78 is 13.9. The molecule has 0 saturated heterocycles. The summed E-state index contributed by atoms with van der Waals surface area (Å²) in [4.78, 5) is 14.4. The highest BCUT2D eigenvalue weighted by Crippen LogP contribution is 2.27. The van der Waals surface area contributed by atoms with E-state index in [9.17, 15) is 9.18 Å². The quantitative estimate of drug-likeness (QED) is 0.746. The smallest absolute Gasteiger partial charge is 0.255 e. The van der Waals surface area contributed by atoms with Gasteiger partial charge in [-0.1, -0.05) is 12.8 Å². The van der Waals surface area contributed by atoms with Crippen LogP contribution in [0.4, 0.5) is 4.39 Å². The average molecular weight is 349 g/mol. The molecule has 1 aliphatic carbocycles. The van der Waals surface area contributed by atoms with E-state index in [0.29, 0.717) is 22.5 Å². The number of carbonyl (C=O) groups is 1. The SMILES string of the molecule is O=C(c1cc(F)ccc1Br)N(CCCl)C1CCCC1. The van der Waals surface area contributed by atoms with Crippen LogP contribution in [0.2, 0.25) is 0 Å². The number of hydrogen-bond donors (Lipinski definition) is 0. The third-order valence-electron chi connectivity index (χ3n) is 3.51. The Bertz CT molecular complexity index is 463. The lowest BCUT2D eigenvalue weighted by atomic mass is 10.1. The Morgan fingerprint density at radius 3 is 2.74 bits per heavy atom. The van der Waals surface area contributed by atoms with Crippen molar-refractivity contribution < 1.29 is 9.18 Å². The van der Waals surface area contributed by atoms with Gasteiger partial charge in [-0.25, -0.2) is 4.39 Å². The van der Waals surface area contributed by atoms with Gasteiger partial charge in [0.15, 0.2) is 0 Å². The predicted molar refractivity (Wildman–Crippen MR) is 78.1 cm³/mol. The molecule has 1 saturated carbocycles. The number of benzene rings is 1. The molecule has 0 aliphatic heterocycles. The van der Waals surface area contributed by atoms with Crippen LogP contribution in [0, 0.1) is 5.82 Å². The summed E-state index contributed by atoms with van der Waals surface area (Å²) in [5.41, 5.74) is 0.372. The first-order chi connectivity index (χ1) is 9.13. The van der Waals surface area contributed by atoms with Crippen molar-refractivity contribution in [1.29, 1.82) is 0 Å². The van der Waals surface area contributed by atoms with Crippen LogP contribution < -0.4 is 0 Å². The summed E-state index contributed by atoms with van der Waals surface area (Å²) in [5.74, 6) is -0.141. The minimum Gasteiger partial charge on any atom is -0.334 e. The number of rotatable bonds is 4. The van der Waals surface area contributed by atoms with Gasteiger partial charge in [-0.3, -0.25) is 4.79 Å². The topological polar surface area (TPSA) is 20.3 Å². The van der Waals surface area contributed by atoms with Crippen LogP contribution in [-0.4, -0.2) is 29.3 Å². The first-order valence-electron chi connectivity index (χ1n) is 6.45. The standard InChI is InChI=1S/C14H16BrClFNO/c15-13-6-5-10(17)9-12(13)14(19)18(8-7-16)11-3-1-2-4-11/h5-6,9,11H,1-4,7-8H2. The zero-order chi connectivity index (χ0) is 13.8. The monoisotopic (exact) mass is 347 g/mol. The highest BCUT2D eigenvalue weighted by molar-refractivity contribution is 9.10. The molecule has 1 aromatic rings. The maximum atomic E-state index is 13.3. The molecule has 2 rings (SSSR count). The fraction of sp³-hybridized carbons (Fsp3) is 0.500. The molecule has 0 unspecified atom stereocenters. The molecule has 1 fully saturated rings. The van der Waals surface area contributed by atoms with E-state index in [1.165, 1.54) is 12.1 Å². The number of halogens is 3. The van der Waals surface area contributed by atoms with Crippen LogP contribution >= 0.6 is 27.5 Å². The number of amides is 1. The average Bonchev–Trinajstić information content (AvgIpc) is 2.92. The lowest BCUT2D eigenvalue weighted by Crippen LogP contribution is -2.40. The second kappa shape index (κ2) is 6.71. The van der Waals surface area contributed by atoms with E-state index in [1.54, 1.807) is 11.0 Å². The van der Waals surface area contributed by atoms with Crippen molar-refractivity contribution in [3.8, 4) is 0 Å². The van der Waals surface area contributed by atoms with Gasteiger partial charge in [0.25, 0.3) is 5.91 Å². The van der Waals surface area contributed by atoms with Crippen LogP contribution in [0.15, 0.2) is 22.7 Å². The highest BCUT2D eigenvalue weighted by Gasteiger charge is 2.28. The summed E-state index contributed by atoms with van der Waals surface area (Å²) in [6.45, 7) is 0.508. The van der Waals surface area contributed by atoms with E-state index in [-0.39, 0.29) is 11.9 Å². The molecule has 1 aliphatic rings. The van der Waals surface area contributed by atoms with E-state index in [2.05, 4.69) is 15.9 Å². The lowest BCUT2D eigenvalue weighted by Gasteiger charge is -2.28. The number of hydrogen-bond acceptors (Lipinski definition) is 1. The molecule has 1 aromatic carbocycles. The first kappa shape index (κ1) is 14.8. The maximum Gasteiger partial charge on any atom is 0.255 e. The molecule has 0 heterocycles. The molecule has 0 bridgehead atoms. The Morgan fingerprint density at radius 1 is 1.42 bits per heavy atom. The maximum absolute atomic E-state index is 13.3. The summed E-state index contributed by atoms with van der Waals surface area (Å²) in [6.07, 6.45) is 4.30. The number of alkyl halides is 1. The van der Waals surface area contributed by atoms with Crippen LogP contribution in [-0.2, 0) is 0 Å². The molecule has 0 N–H and O–H groups in total. The Balaban J connectivity index is 2.25. The molecular formula is C14H16BrClFNO. The second-order valence-corrected chi connectivity index (χ2v) is 5.98. The molecule has 5 heteroatoms. The fourth-order valence-corrected chi connectivity index (χ4v) is 3.17. The minimum atomic E-state index is -0.399. The minimum absolute atomic E-state index is 0.140.